The first-order chi connectivity index (χ1) is 40.1. The zero-order chi connectivity index (χ0) is 57.9. The summed E-state index contributed by atoms with van der Waals surface area (Å²) in [7, 11) is 8.24. The van der Waals surface area contributed by atoms with Crippen molar-refractivity contribution < 1.29 is 42.7 Å². The predicted molar refractivity (Wildman–Crippen MR) is 335 cm³/mol. The van der Waals surface area contributed by atoms with E-state index in [1.54, 1.807) is 41.6 Å². The highest BCUT2D eigenvalue weighted by atomic mass is 79.9. The molecule has 0 spiro atoms. The van der Waals surface area contributed by atoms with Crippen molar-refractivity contribution in [1.82, 2.24) is 10.6 Å². The number of halogens is 2. The van der Waals surface area contributed by atoms with Crippen molar-refractivity contribution in [2.24, 2.45) is 5.73 Å². The number of ether oxygens (including phenoxy) is 8. The Bertz CT molecular complexity index is 3330. The average molecular weight is 1230 g/mol. The number of carbonyl (C=O) groups excluding carboxylic acids is 1. The molecule has 1 atom stereocenters. The van der Waals surface area contributed by atoms with Crippen LogP contribution in [0.2, 0.25) is 0 Å². The van der Waals surface area contributed by atoms with Crippen LogP contribution in [0.5, 0.6) is 46.0 Å². The van der Waals surface area contributed by atoms with Crippen LogP contribution in [-0.2, 0) is 43.9 Å². The maximum atomic E-state index is 12.2. The molecule has 14 heteroatoms. The average Bonchev–Trinajstić information content (AvgIpc) is 3.58. The molecule has 1 amide bonds. The lowest BCUT2D eigenvalue weighted by Gasteiger charge is -2.26. The Morgan fingerprint density at radius 1 is 0.512 bits per heavy atom. The van der Waals surface area contributed by atoms with Crippen LogP contribution in [0.1, 0.15) is 56.1 Å². The van der Waals surface area contributed by atoms with Gasteiger partial charge < -0.3 is 54.3 Å². The molecule has 12 nitrogen and oxygen atoms in total. The van der Waals surface area contributed by atoms with Gasteiger partial charge in [-0.25, -0.2) is 0 Å². The molecule has 9 rings (SSSR count). The minimum atomic E-state index is -0.147. The summed E-state index contributed by atoms with van der Waals surface area (Å²) >= 11 is 7.00. The van der Waals surface area contributed by atoms with E-state index in [-0.39, 0.29) is 11.9 Å². The molecule has 4 N–H and O–H groups in total. The Labute approximate surface area is 499 Å². The molecule has 1 heterocycles. The van der Waals surface area contributed by atoms with Crippen molar-refractivity contribution in [3.05, 3.63) is 247 Å². The number of fused-ring (bicyclic) bond motifs is 1. The fraction of sp³-hybridized carbons (Fsp3) is 0.221. The lowest BCUT2D eigenvalue weighted by Crippen LogP contribution is -2.28. The Hall–Kier alpha value is -8.01. The van der Waals surface area contributed by atoms with Gasteiger partial charge >= 0.3 is 0 Å². The second kappa shape index (κ2) is 33.0. The highest BCUT2D eigenvalue weighted by Gasteiger charge is 2.21. The second-order valence-electron chi connectivity index (χ2n) is 18.7. The van der Waals surface area contributed by atoms with Crippen LogP contribution in [-0.4, -0.2) is 61.1 Å². The fourth-order valence-corrected chi connectivity index (χ4v) is 9.85. The van der Waals surface area contributed by atoms with Crippen molar-refractivity contribution in [3.8, 4) is 46.0 Å². The molecule has 0 aliphatic carbocycles. The van der Waals surface area contributed by atoms with Gasteiger partial charge in [0.2, 0.25) is 5.91 Å². The maximum absolute atomic E-state index is 12.2. The van der Waals surface area contributed by atoms with E-state index < -0.39 is 0 Å². The van der Waals surface area contributed by atoms with E-state index in [0.717, 1.165) is 102 Å². The molecule has 1 unspecified atom stereocenters. The fourth-order valence-electron chi connectivity index (χ4n) is 8.73. The predicted octanol–water partition coefficient (Wildman–Crippen LogP) is 14.1. The van der Waals surface area contributed by atoms with Gasteiger partial charge in [0.05, 0.1) is 50.5 Å². The minimum Gasteiger partial charge on any atom is -0.496 e. The second-order valence-corrected chi connectivity index (χ2v) is 20.4. The van der Waals surface area contributed by atoms with Gasteiger partial charge in [0.25, 0.3) is 0 Å². The van der Waals surface area contributed by atoms with Gasteiger partial charge in [-0.1, -0.05) is 127 Å². The molecule has 8 aromatic rings. The van der Waals surface area contributed by atoms with Gasteiger partial charge in [-0.2, -0.15) is 0 Å². The Balaban J connectivity index is 0.000000183. The standard InChI is InChI=1S/C26H26BrNO4.C26H26BrNO3.C16H19NO2/c1-30-23-11-8-19(16-22(23)27)10-13-26(29)28-15-14-20-9-12-24(31-2)25(17-20)32-18-21-6-4-3-5-7-21;1-29-24-11-9-18(14-22(24)27)8-10-23-21-16-25(30-2)26(15-20(21)12-13-28-23)31-17-19-6-4-3-5-7-19;1-18-15-8-7-13(9-10-17)11-16(15)19-12-14-5-3-2-4-6-14/h3-13,16-17H,14-15,18H2,1-2H3,(H,28,29);3-11,14-16,23,28H,12-13,17H2,1-2H3;2-8,11H,9-10,12,17H2,1H3/b13-10+;10-8+;. The molecular formula is C68H71Br2N3O9. The third-order valence-corrected chi connectivity index (χ3v) is 14.3. The molecule has 82 heavy (non-hydrogen) atoms. The molecule has 0 radical (unpaired) electrons. The van der Waals surface area contributed by atoms with E-state index in [4.69, 9.17) is 43.6 Å². The molecular weight excluding hydrogens is 1160 g/mol. The number of nitrogens with two attached hydrogens (primary N) is 1. The summed E-state index contributed by atoms with van der Waals surface area (Å²) in [6.45, 7) is 3.57. The summed E-state index contributed by atoms with van der Waals surface area (Å²) in [6, 6.07) is 58.0. The zero-order valence-electron chi connectivity index (χ0n) is 47.0. The van der Waals surface area contributed by atoms with E-state index in [1.165, 1.54) is 17.2 Å². The number of nitrogens with one attached hydrogen (secondary N) is 2. The molecule has 0 bridgehead atoms. The number of rotatable bonds is 23. The molecule has 0 fully saturated rings. The summed E-state index contributed by atoms with van der Waals surface area (Å²) in [5.41, 5.74) is 15.7. The highest BCUT2D eigenvalue weighted by molar-refractivity contribution is 9.11. The number of hydrogen-bond donors (Lipinski definition) is 3. The Kier molecular flexibility index (Phi) is 24.8. The van der Waals surface area contributed by atoms with Crippen LogP contribution in [0.4, 0.5) is 0 Å². The third kappa shape index (κ3) is 19.1. The summed E-state index contributed by atoms with van der Waals surface area (Å²) in [5.74, 6) is 5.84. The van der Waals surface area contributed by atoms with Crippen LogP contribution in [0.25, 0.3) is 12.2 Å². The van der Waals surface area contributed by atoms with Crippen LogP contribution in [0.15, 0.2) is 197 Å². The van der Waals surface area contributed by atoms with Gasteiger partial charge in [0, 0.05) is 19.2 Å². The number of amides is 1. The third-order valence-electron chi connectivity index (χ3n) is 13.1. The number of hydrogen-bond acceptors (Lipinski definition) is 11. The van der Waals surface area contributed by atoms with E-state index in [9.17, 15) is 4.79 Å². The van der Waals surface area contributed by atoms with Crippen LogP contribution in [0.3, 0.4) is 0 Å². The van der Waals surface area contributed by atoms with E-state index in [2.05, 4.69) is 85.0 Å². The lowest BCUT2D eigenvalue weighted by molar-refractivity contribution is -0.116. The minimum absolute atomic E-state index is 0.113. The maximum Gasteiger partial charge on any atom is 0.244 e. The van der Waals surface area contributed by atoms with Crippen molar-refractivity contribution >= 4 is 49.9 Å². The Morgan fingerprint density at radius 3 is 1.43 bits per heavy atom. The number of carbonyl (C=O) groups is 1. The molecule has 426 valence electrons. The number of methoxy groups -OCH3 is 5. The molecule has 0 saturated heterocycles. The van der Waals surface area contributed by atoms with Gasteiger partial charge in [0.1, 0.15) is 31.3 Å². The van der Waals surface area contributed by atoms with Crippen LogP contribution >= 0.6 is 31.9 Å². The van der Waals surface area contributed by atoms with Crippen molar-refractivity contribution in [2.45, 2.75) is 45.1 Å². The lowest BCUT2D eigenvalue weighted by atomic mass is 9.93. The molecule has 1 aliphatic rings. The van der Waals surface area contributed by atoms with Crippen LogP contribution in [0, 0.1) is 0 Å². The van der Waals surface area contributed by atoms with Gasteiger partial charge in [-0.15, -0.1) is 0 Å². The van der Waals surface area contributed by atoms with E-state index in [1.807, 2.05) is 146 Å². The molecule has 0 aromatic heterocycles. The Morgan fingerprint density at radius 2 is 0.963 bits per heavy atom. The summed E-state index contributed by atoms with van der Waals surface area (Å²) < 4.78 is 46.6. The zero-order valence-corrected chi connectivity index (χ0v) is 50.2. The first-order valence-electron chi connectivity index (χ1n) is 26.9. The first kappa shape index (κ1) is 61.6. The molecule has 8 aromatic carbocycles. The first-order valence-corrected chi connectivity index (χ1v) is 28.5. The topological polar surface area (TPSA) is 141 Å². The SMILES string of the molecule is COc1ccc(/C=C/C(=O)NCCc2ccc(OC)c(OCc3ccccc3)c2)cc1Br.COc1ccc(/C=C/C2NCCc3cc(OCc4ccccc4)c(OC)cc32)cc1Br.COc1ccc(CCN)cc1OCc1ccccc1. The summed E-state index contributed by atoms with van der Waals surface area (Å²) in [5, 5.41) is 6.50. The van der Waals surface area contributed by atoms with Gasteiger partial charge in [-0.3, -0.25) is 4.79 Å². The van der Waals surface area contributed by atoms with Crippen molar-refractivity contribution in [3.63, 3.8) is 0 Å². The monoisotopic (exact) mass is 1230 g/mol. The highest BCUT2D eigenvalue weighted by Crippen LogP contribution is 2.37. The van der Waals surface area contributed by atoms with E-state index >= 15 is 0 Å². The molecule has 0 saturated carbocycles. The number of benzene rings is 8. The van der Waals surface area contributed by atoms with Gasteiger partial charge in [-0.05, 0) is 174 Å². The quantitative estimate of drug-likeness (QED) is 0.0527. The largest absolute Gasteiger partial charge is 0.496 e. The van der Waals surface area contributed by atoms with Crippen LogP contribution < -0.4 is 54.3 Å². The van der Waals surface area contributed by atoms with Crippen molar-refractivity contribution in [2.75, 3.05) is 55.2 Å². The summed E-state index contributed by atoms with van der Waals surface area (Å²) in [4.78, 5) is 12.2. The smallest absolute Gasteiger partial charge is 0.244 e. The normalized spacial score (nSPS) is 12.4. The van der Waals surface area contributed by atoms with Crippen molar-refractivity contribution in [1.29, 1.82) is 0 Å². The summed E-state index contributed by atoms with van der Waals surface area (Å²) in [6.07, 6.45) is 10.1. The van der Waals surface area contributed by atoms with Gasteiger partial charge in [0.15, 0.2) is 34.5 Å². The van der Waals surface area contributed by atoms with E-state index in [0.29, 0.717) is 50.8 Å². The molecule has 1 aliphatic heterocycles.